The summed E-state index contributed by atoms with van der Waals surface area (Å²) in [7, 11) is 0. The predicted octanol–water partition coefficient (Wildman–Crippen LogP) is 2.30. The van der Waals surface area contributed by atoms with Crippen LogP contribution in [0.3, 0.4) is 0 Å². The molecule has 0 fully saturated rings. The van der Waals surface area contributed by atoms with Crippen molar-refractivity contribution in [3.8, 4) is 5.69 Å². The third kappa shape index (κ3) is 2.31. The Hall–Kier alpha value is -2.56. The number of rotatable bonds is 3. The van der Waals surface area contributed by atoms with Crippen LogP contribution in [0.15, 0.2) is 41.5 Å². The number of pyridine rings is 2. The molecule has 0 saturated carbocycles. The van der Waals surface area contributed by atoms with Gasteiger partial charge >= 0.3 is 5.69 Å². The second kappa shape index (κ2) is 5.44. The molecule has 5 nitrogen and oxygen atoms in total. The maximum absolute atomic E-state index is 12.4. The SMILES string of the molecule is CCc1ccc2c(CC)nc(=O)n(-c3cccnc3)c2n1. The van der Waals surface area contributed by atoms with E-state index in [0.29, 0.717) is 17.8 Å². The zero-order valence-electron chi connectivity index (χ0n) is 12.1. The highest BCUT2D eigenvalue weighted by Gasteiger charge is 2.12. The van der Waals surface area contributed by atoms with Crippen molar-refractivity contribution >= 4 is 11.0 Å². The van der Waals surface area contributed by atoms with Crippen molar-refractivity contribution in [2.45, 2.75) is 26.7 Å². The highest BCUT2D eigenvalue weighted by atomic mass is 16.1. The van der Waals surface area contributed by atoms with E-state index in [0.717, 1.165) is 23.2 Å². The highest BCUT2D eigenvalue weighted by Crippen LogP contribution is 2.18. The average molecular weight is 280 g/mol. The smallest absolute Gasteiger partial charge is 0.263 e. The number of aryl methyl sites for hydroxylation is 2. The number of nitrogens with zero attached hydrogens (tertiary/aromatic N) is 4. The standard InChI is InChI=1S/C16H16N4O/c1-3-11-7-8-13-14(4-2)19-16(21)20(15(13)18-11)12-6-5-9-17-10-12/h5-10H,3-4H2,1-2H3. The number of hydrogen-bond acceptors (Lipinski definition) is 4. The van der Waals surface area contributed by atoms with Gasteiger partial charge in [0.05, 0.1) is 17.6 Å². The van der Waals surface area contributed by atoms with Gasteiger partial charge < -0.3 is 0 Å². The van der Waals surface area contributed by atoms with Crippen LogP contribution in [0.25, 0.3) is 16.7 Å². The van der Waals surface area contributed by atoms with Crippen molar-refractivity contribution in [3.63, 3.8) is 0 Å². The van der Waals surface area contributed by atoms with Crippen molar-refractivity contribution in [1.29, 1.82) is 0 Å². The van der Waals surface area contributed by atoms with Crippen molar-refractivity contribution in [2.75, 3.05) is 0 Å². The molecule has 0 aliphatic rings. The van der Waals surface area contributed by atoms with Gasteiger partial charge in [0.2, 0.25) is 0 Å². The molecule has 0 N–H and O–H groups in total. The molecule has 0 aliphatic carbocycles. The molecule has 0 aromatic carbocycles. The number of aromatic nitrogens is 4. The summed E-state index contributed by atoms with van der Waals surface area (Å²) >= 11 is 0. The van der Waals surface area contributed by atoms with Gasteiger partial charge in [-0.25, -0.2) is 14.3 Å². The molecule has 0 aliphatic heterocycles. The summed E-state index contributed by atoms with van der Waals surface area (Å²) in [5, 5.41) is 0.915. The first-order valence-electron chi connectivity index (χ1n) is 7.06. The van der Waals surface area contributed by atoms with Crippen LogP contribution in [-0.2, 0) is 12.8 Å². The van der Waals surface area contributed by atoms with E-state index in [2.05, 4.69) is 15.0 Å². The molecule has 3 aromatic heterocycles. The van der Waals surface area contributed by atoms with Crippen molar-refractivity contribution in [1.82, 2.24) is 19.5 Å². The summed E-state index contributed by atoms with van der Waals surface area (Å²) in [5.41, 5.74) is 2.76. The Kier molecular flexibility index (Phi) is 3.48. The molecule has 0 unspecified atom stereocenters. The van der Waals surface area contributed by atoms with Gasteiger partial charge in [-0.15, -0.1) is 0 Å². The molecule has 3 aromatic rings. The largest absolute Gasteiger partial charge is 0.354 e. The zero-order chi connectivity index (χ0) is 14.8. The number of hydrogen-bond donors (Lipinski definition) is 0. The van der Waals surface area contributed by atoms with Crippen molar-refractivity contribution < 1.29 is 0 Å². The zero-order valence-corrected chi connectivity index (χ0v) is 12.1. The van der Waals surface area contributed by atoms with E-state index in [9.17, 15) is 4.79 Å². The summed E-state index contributed by atoms with van der Waals surface area (Å²) in [4.78, 5) is 25.3. The lowest BCUT2D eigenvalue weighted by molar-refractivity contribution is 0.884. The van der Waals surface area contributed by atoms with Gasteiger partial charge in [-0.1, -0.05) is 13.8 Å². The first-order valence-corrected chi connectivity index (χ1v) is 7.06. The third-order valence-corrected chi connectivity index (χ3v) is 3.48. The Bertz CT molecular complexity index is 840. The fraction of sp³-hybridized carbons (Fsp3) is 0.250. The Morgan fingerprint density at radius 1 is 1.10 bits per heavy atom. The maximum atomic E-state index is 12.4. The lowest BCUT2D eigenvalue weighted by Crippen LogP contribution is -2.24. The number of fused-ring (bicyclic) bond motifs is 1. The molecule has 106 valence electrons. The molecule has 0 amide bonds. The van der Waals surface area contributed by atoms with E-state index in [1.165, 1.54) is 4.57 Å². The van der Waals surface area contributed by atoms with E-state index >= 15 is 0 Å². The maximum Gasteiger partial charge on any atom is 0.354 e. The second-order valence-corrected chi connectivity index (χ2v) is 4.77. The minimum atomic E-state index is -0.312. The van der Waals surface area contributed by atoms with Crippen LogP contribution in [0, 0.1) is 0 Å². The van der Waals surface area contributed by atoms with Gasteiger partial charge in [0.25, 0.3) is 0 Å². The van der Waals surface area contributed by atoms with Crippen molar-refractivity contribution in [2.24, 2.45) is 0 Å². The van der Waals surface area contributed by atoms with Gasteiger partial charge in [-0.3, -0.25) is 4.98 Å². The molecule has 21 heavy (non-hydrogen) atoms. The Balaban J connectivity index is 2.43. The lowest BCUT2D eigenvalue weighted by Gasteiger charge is -2.11. The molecular formula is C16H16N4O. The molecule has 0 bridgehead atoms. The fourth-order valence-corrected chi connectivity index (χ4v) is 2.38. The Morgan fingerprint density at radius 2 is 1.95 bits per heavy atom. The monoisotopic (exact) mass is 280 g/mol. The summed E-state index contributed by atoms with van der Waals surface area (Å²) in [5.74, 6) is 0. The minimum Gasteiger partial charge on any atom is -0.263 e. The van der Waals surface area contributed by atoms with Crippen LogP contribution in [-0.4, -0.2) is 19.5 Å². The quantitative estimate of drug-likeness (QED) is 0.738. The summed E-state index contributed by atoms with van der Waals surface area (Å²) in [6.07, 6.45) is 4.84. The summed E-state index contributed by atoms with van der Waals surface area (Å²) in [6.45, 7) is 4.03. The summed E-state index contributed by atoms with van der Waals surface area (Å²) in [6, 6.07) is 7.62. The molecule has 3 rings (SSSR count). The first-order chi connectivity index (χ1) is 10.2. The molecule has 3 heterocycles. The predicted molar refractivity (Wildman–Crippen MR) is 81.7 cm³/mol. The van der Waals surface area contributed by atoms with Gasteiger partial charge in [-0.05, 0) is 37.1 Å². The molecule has 0 spiro atoms. The first kappa shape index (κ1) is 13.4. The normalized spacial score (nSPS) is 11.0. The minimum absolute atomic E-state index is 0.312. The van der Waals surface area contributed by atoms with Gasteiger partial charge in [0, 0.05) is 17.3 Å². The van der Waals surface area contributed by atoms with Gasteiger partial charge in [-0.2, -0.15) is 4.98 Å². The van der Waals surface area contributed by atoms with Crippen molar-refractivity contribution in [3.05, 3.63) is 58.5 Å². The second-order valence-electron chi connectivity index (χ2n) is 4.77. The Morgan fingerprint density at radius 3 is 2.62 bits per heavy atom. The lowest BCUT2D eigenvalue weighted by atomic mass is 10.1. The van der Waals surface area contributed by atoms with E-state index in [4.69, 9.17) is 0 Å². The van der Waals surface area contributed by atoms with E-state index in [1.54, 1.807) is 18.5 Å². The topological polar surface area (TPSA) is 60.7 Å². The Labute approximate surface area is 122 Å². The van der Waals surface area contributed by atoms with Crippen LogP contribution >= 0.6 is 0 Å². The van der Waals surface area contributed by atoms with Gasteiger partial charge in [0.15, 0.2) is 5.65 Å². The summed E-state index contributed by atoms with van der Waals surface area (Å²) < 4.78 is 1.53. The third-order valence-electron chi connectivity index (χ3n) is 3.48. The molecule has 0 saturated heterocycles. The molecule has 0 atom stereocenters. The van der Waals surface area contributed by atoms with Gasteiger partial charge in [0.1, 0.15) is 0 Å². The van der Waals surface area contributed by atoms with Crippen LogP contribution in [0.2, 0.25) is 0 Å². The molecular weight excluding hydrogens is 264 g/mol. The van der Waals surface area contributed by atoms with E-state index < -0.39 is 0 Å². The van der Waals surface area contributed by atoms with E-state index in [-0.39, 0.29) is 5.69 Å². The van der Waals surface area contributed by atoms with E-state index in [1.807, 2.05) is 32.0 Å². The fourth-order valence-electron chi connectivity index (χ4n) is 2.38. The van der Waals surface area contributed by atoms with Crippen LogP contribution in [0.1, 0.15) is 25.2 Å². The molecule has 5 heteroatoms. The highest BCUT2D eigenvalue weighted by molar-refractivity contribution is 5.79. The average Bonchev–Trinajstić information content (AvgIpc) is 2.54. The molecule has 0 radical (unpaired) electrons. The van der Waals surface area contributed by atoms with Crippen LogP contribution < -0.4 is 5.69 Å². The van der Waals surface area contributed by atoms with Crippen LogP contribution in [0.5, 0.6) is 0 Å². The van der Waals surface area contributed by atoms with Crippen LogP contribution in [0.4, 0.5) is 0 Å².